The molecular weight excluding hydrogens is 364 g/mol. The van der Waals surface area contributed by atoms with E-state index in [9.17, 15) is 9.59 Å². The molecule has 5 heteroatoms. The summed E-state index contributed by atoms with van der Waals surface area (Å²) in [6, 6.07) is 15.6. The van der Waals surface area contributed by atoms with Crippen LogP contribution < -0.4 is 10.5 Å². The van der Waals surface area contributed by atoms with E-state index in [0.717, 1.165) is 61.3 Å². The van der Waals surface area contributed by atoms with Crippen LogP contribution >= 0.6 is 0 Å². The number of hydrogen-bond acceptors (Lipinski definition) is 5. The highest BCUT2D eigenvalue weighted by Gasteiger charge is 2.19. The lowest BCUT2D eigenvalue weighted by Gasteiger charge is -2.36. The summed E-state index contributed by atoms with van der Waals surface area (Å²) in [5.74, 6) is 0.0898. The zero-order valence-electron chi connectivity index (χ0n) is 17.0. The second-order valence-electron chi connectivity index (χ2n) is 7.64. The van der Waals surface area contributed by atoms with Crippen LogP contribution in [0.5, 0.6) is 0 Å². The lowest BCUT2D eigenvalue weighted by Crippen LogP contribution is -2.46. The van der Waals surface area contributed by atoms with E-state index < -0.39 is 0 Å². The van der Waals surface area contributed by atoms with Crippen molar-refractivity contribution in [1.29, 1.82) is 0 Å². The summed E-state index contributed by atoms with van der Waals surface area (Å²) in [5, 5.41) is 1.02. The highest BCUT2D eigenvalue weighted by Crippen LogP contribution is 2.22. The minimum atomic E-state index is -0.287. The van der Waals surface area contributed by atoms with E-state index >= 15 is 0 Å². The van der Waals surface area contributed by atoms with Gasteiger partial charge >= 0.3 is 5.63 Å². The van der Waals surface area contributed by atoms with Crippen molar-refractivity contribution in [1.82, 2.24) is 4.90 Å². The first-order valence-electron chi connectivity index (χ1n) is 10.2. The van der Waals surface area contributed by atoms with Crippen molar-refractivity contribution in [3.8, 4) is 0 Å². The van der Waals surface area contributed by atoms with E-state index in [4.69, 9.17) is 4.42 Å². The van der Waals surface area contributed by atoms with E-state index in [1.165, 1.54) is 5.56 Å². The predicted molar refractivity (Wildman–Crippen MR) is 116 cm³/mol. The van der Waals surface area contributed by atoms with Crippen LogP contribution in [0.3, 0.4) is 0 Å². The molecule has 2 heterocycles. The van der Waals surface area contributed by atoms with E-state index in [0.29, 0.717) is 5.58 Å². The maximum atomic E-state index is 12.0. The molecule has 0 amide bonds. The minimum absolute atomic E-state index is 0.0898. The Balaban J connectivity index is 1.46. The first-order chi connectivity index (χ1) is 14.0. The number of hydrogen-bond donors (Lipinski definition) is 0. The predicted octanol–water partition coefficient (Wildman–Crippen LogP) is 3.88. The lowest BCUT2D eigenvalue weighted by atomic mass is 10.1. The molecular formula is C24H26N2O3. The topological polar surface area (TPSA) is 53.8 Å². The van der Waals surface area contributed by atoms with Crippen LogP contribution in [0.2, 0.25) is 0 Å². The summed E-state index contributed by atoms with van der Waals surface area (Å²) >= 11 is 0. The second kappa shape index (κ2) is 8.21. The Labute approximate surface area is 170 Å². The number of piperazine rings is 1. The summed E-state index contributed by atoms with van der Waals surface area (Å²) in [6.07, 6.45) is 0.916. The van der Waals surface area contributed by atoms with Gasteiger partial charge in [0.05, 0.1) is 0 Å². The van der Waals surface area contributed by atoms with Crippen LogP contribution in [0.15, 0.2) is 57.7 Å². The molecule has 0 aliphatic carbocycles. The summed E-state index contributed by atoms with van der Waals surface area (Å²) in [7, 11) is 0. The van der Waals surface area contributed by atoms with Gasteiger partial charge in [0.25, 0.3) is 0 Å². The molecule has 1 saturated heterocycles. The van der Waals surface area contributed by atoms with E-state index in [2.05, 4.69) is 28.9 Å². The van der Waals surface area contributed by atoms with Gasteiger partial charge in [0.2, 0.25) is 0 Å². The van der Waals surface area contributed by atoms with Gasteiger partial charge in [-0.15, -0.1) is 0 Å². The SMILES string of the molecule is CCc1ccc2c(CN3CCN(c4ccc(C(C)=O)cc4)CC3)cc(=O)oc2c1. The molecule has 5 nitrogen and oxygen atoms in total. The Morgan fingerprint density at radius 3 is 2.38 bits per heavy atom. The van der Waals surface area contributed by atoms with Gasteiger partial charge in [-0.05, 0) is 54.8 Å². The van der Waals surface area contributed by atoms with Crippen molar-refractivity contribution in [3.63, 3.8) is 0 Å². The van der Waals surface area contributed by atoms with E-state index in [-0.39, 0.29) is 11.4 Å². The Bertz CT molecular complexity index is 1080. The Hall–Kier alpha value is -2.92. The molecule has 0 spiro atoms. The normalized spacial score (nSPS) is 15.0. The minimum Gasteiger partial charge on any atom is -0.423 e. The number of Topliss-reactive ketones (excluding diaryl/α,β-unsaturated/α-hetero) is 1. The molecule has 0 radical (unpaired) electrons. The lowest BCUT2D eigenvalue weighted by molar-refractivity contribution is 0.101. The van der Waals surface area contributed by atoms with Crippen molar-refractivity contribution < 1.29 is 9.21 Å². The van der Waals surface area contributed by atoms with Gasteiger partial charge in [-0.3, -0.25) is 9.69 Å². The fourth-order valence-corrected chi connectivity index (χ4v) is 3.94. The number of carbonyl (C=O) groups is 1. The van der Waals surface area contributed by atoms with Crippen LogP contribution in [0.4, 0.5) is 5.69 Å². The number of benzene rings is 2. The number of anilines is 1. The summed E-state index contributed by atoms with van der Waals surface area (Å²) in [5.41, 5.74) is 4.47. The average Bonchev–Trinajstić information content (AvgIpc) is 2.73. The maximum absolute atomic E-state index is 12.0. The van der Waals surface area contributed by atoms with Gasteiger partial charge in [-0.2, -0.15) is 0 Å². The number of aryl methyl sites for hydroxylation is 1. The van der Waals surface area contributed by atoms with Crippen LogP contribution in [0.1, 0.15) is 35.3 Å². The molecule has 0 atom stereocenters. The standard InChI is InChI=1S/C24H26N2O3/c1-3-18-4-9-22-20(15-24(28)29-23(22)14-18)16-25-10-12-26(13-11-25)21-7-5-19(6-8-21)17(2)27/h4-9,14-15H,3,10-13,16H2,1-2H3. The molecule has 150 valence electrons. The van der Waals surface area contributed by atoms with Crippen LogP contribution in [-0.4, -0.2) is 36.9 Å². The van der Waals surface area contributed by atoms with Crippen molar-refractivity contribution in [2.45, 2.75) is 26.8 Å². The van der Waals surface area contributed by atoms with E-state index in [1.807, 2.05) is 30.3 Å². The van der Waals surface area contributed by atoms with Gasteiger partial charge in [0.1, 0.15) is 5.58 Å². The molecule has 1 aliphatic heterocycles. The number of rotatable bonds is 5. The second-order valence-corrected chi connectivity index (χ2v) is 7.64. The van der Waals surface area contributed by atoms with Gasteiger partial charge in [-0.25, -0.2) is 4.79 Å². The largest absolute Gasteiger partial charge is 0.423 e. The Morgan fingerprint density at radius 2 is 1.72 bits per heavy atom. The van der Waals surface area contributed by atoms with Gasteiger partial charge in [-0.1, -0.05) is 19.1 Å². The molecule has 0 N–H and O–H groups in total. The number of carbonyl (C=O) groups excluding carboxylic acids is 1. The molecule has 1 aliphatic rings. The zero-order chi connectivity index (χ0) is 20.4. The average molecular weight is 390 g/mol. The van der Waals surface area contributed by atoms with Crippen LogP contribution in [-0.2, 0) is 13.0 Å². The van der Waals surface area contributed by atoms with Crippen LogP contribution in [0, 0.1) is 0 Å². The molecule has 4 rings (SSSR count). The molecule has 1 aromatic heterocycles. The summed E-state index contributed by atoms with van der Waals surface area (Å²) < 4.78 is 5.43. The smallest absolute Gasteiger partial charge is 0.336 e. The molecule has 29 heavy (non-hydrogen) atoms. The fraction of sp³-hybridized carbons (Fsp3) is 0.333. The highest BCUT2D eigenvalue weighted by atomic mass is 16.4. The maximum Gasteiger partial charge on any atom is 0.336 e. The molecule has 1 fully saturated rings. The molecule has 0 unspecified atom stereocenters. The summed E-state index contributed by atoms with van der Waals surface area (Å²) in [4.78, 5) is 28.2. The number of nitrogens with zero attached hydrogens (tertiary/aromatic N) is 2. The van der Waals surface area contributed by atoms with Crippen molar-refractivity contribution in [2.24, 2.45) is 0 Å². The van der Waals surface area contributed by atoms with Crippen molar-refractivity contribution >= 4 is 22.4 Å². The summed E-state index contributed by atoms with van der Waals surface area (Å²) in [6.45, 7) is 8.09. The Kier molecular flexibility index (Phi) is 5.49. The first-order valence-corrected chi connectivity index (χ1v) is 10.2. The third-order valence-electron chi connectivity index (χ3n) is 5.71. The fourth-order valence-electron chi connectivity index (χ4n) is 3.94. The van der Waals surface area contributed by atoms with Gasteiger partial charge in [0, 0.05) is 55.4 Å². The molecule has 3 aromatic rings. The zero-order valence-corrected chi connectivity index (χ0v) is 17.0. The Morgan fingerprint density at radius 1 is 1.00 bits per heavy atom. The highest BCUT2D eigenvalue weighted by molar-refractivity contribution is 5.94. The third-order valence-corrected chi connectivity index (χ3v) is 5.71. The third kappa shape index (κ3) is 4.25. The van der Waals surface area contributed by atoms with Gasteiger partial charge < -0.3 is 9.32 Å². The van der Waals surface area contributed by atoms with Gasteiger partial charge in [0.15, 0.2) is 5.78 Å². The van der Waals surface area contributed by atoms with Crippen molar-refractivity contribution in [2.75, 3.05) is 31.1 Å². The number of fused-ring (bicyclic) bond motifs is 1. The molecule has 0 saturated carbocycles. The molecule has 2 aromatic carbocycles. The number of ketones is 1. The molecule has 0 bridgehead atoms. The monoisotopic (exact) mass is 390 g/mol. The first kappa shape index (κ1) is 19.4. The van der Waals surface area contributed by atoms with E-state index in [1.54, 1.807) is 13.0 Å². The van der Waals surface area contributed by atoms with Crippen LogP contribution in [0.25, 0.3) is 11.0 Å². The quantitative estimate of drug-likeness (QED) is 0.489. The van der Waals surface area contributed by atoms with Crippen molar-refractivity contribution in [3.05, 3.63) is 75.6 Å².